The van der Waals surface area contributed by atoms with Gasteiger partial charge in [0.25, 0.3) is 0 Å². The third-order valence-corrected chi connectivity index (χ3v) is 5.97. The molecule has 0 spiro atoms. The van der Waals surface area contributed by atoms with Crippen LogP contribution in [0.3, 0.4) is 0 Å². The summed E-state index contributed by atoms with van der Waals surface area (Å²) in [7, 11) is 1.47. The van der Waals surface area contributed by atoms with Crippen LogP contribution in [0.25, 0.3) is 22.6 Å². The Balaban J connectivity index is 2.07. The Hall–Kier alpha value is -4.61. The Morgan fingerprint density at radius 3 is 2.49 bits per heavy atom. The maximum atomic E-state index is 13.3. The van der Waals surface area contributed by atoms with Crippen LogP contribution >= 0.6 is 15.9 Å². The summed E-state index contributed by atoms with van der Waals surface area (Å²) in [5.74, 6) is -1.59. The number of methoxy groups -OCH3 is 1. The first kappa shape index (κ1) is 29.0. The van der Waals surface area contributed by atoms with Crippen molar-refractivity contribution in [3.8, 4) is 17.9 Å². The number of nitriles is 2. The monoisotopic (exact) mass is 592 g/mol. The number of hydrogen-bond acceptors (Lipinski definition) is 7. The van der Waals surface area contributed by atoms with Gasteiger partial charge in [-0.05, 0) is 63.2 Å². The molecule has 39 heavy (non-hydrogen) atoms. The van der Waals surface area contributed by atoms with Crippen LogP contribution in [0.2, 0.25) is 0 Å². The molecule has 2 aromatic carbocycles. The molecular formula is C28H25BrN4O6. The summed E-state index contributed by atoms with van der Waals surface area (Å²) in [6.07, 6.45) is 1.46. The van der Waals surface area contributed by atoms with Gasteiger partial charge in [0.05, 0.1) is 42.3 Å². The number of ether oxygens (including phenoxy) is 2. The first-order chi connectivity index (χ1) is 18.4. The van der Waals surface area contributed by atoms with Gasteiger partial charge in [0.2, 0.25) is 5.91 Å². The molecule has 0 radical (unpaired) electrons. The molecule has 0 saturated heterocycles. The number of hydrogen-bond donors (Lipinski definition) is 2. The number of fused-ring (bicyclic) bond motifs is 1. The number of carbonyl (C=O) groups is 3. The van der Waals surface area contributed by atoms with E-state index in [-0.39, 0.29) is 5.57 Å². The third kappa shape index (κ3) is 7.03. The minimum atomic E-state index is -1.55. The summed E-state index contributed by atoms with van der Waals surface area (Å²) in [5, 5.41) is 31.7. The zero-order chi connectivity index (χ0) is 28.9. The third-order valence-electron chi connectivity index (χ3n) is 5.47. The molecular weight excluding hydrogens is 568 g/mol. The number of aliphatic carboxylic acids is 1. The van der Waals surface area contributed by atoms with Crippen molar-refractivity contribution in [2.45, 2.75) is 38.8 Å². The van der Waals surface area contributed by atoms with Gasteiger partial charge < -0.3 is 19.9 Å². The predicted octanol–water partition coefficient (Wildman–Crippen LogP) is 5.36. The summed E-state index contributed by atoms with van der Waals surface area (Å²) in [6, 6.07) is 12.5. The van der Waals surface area contributed by atoms with Crippen LogP contribution in [0, 0.1) is 22.7 Å². The Morgan fingerprint density at radius 1 is 1.18 bits per heavy atom. The molecule has 0 fully saturated rings. The van der Waals surface area contributed by atoms with Crippen LogP contribution in [-0.2, 0) is 9.53 Å². The maximum absolute atomic E-state index is 13.3. The van der Waals surface area contributed by atoms with Crippen LogP contribution in [0.5, 0.6) is 5.75 Å². The lowest BCUT2D eigenvalue weighted by molar-refractivity contribution is -0.139. The van der Waals surface area contributed by atoms with Crippen LogP contribution in [0.15, 0.2) is 47.1 Å². The van der Waals surface area contributed by atoms with Gasteiger partial charge in [-0.15, -0.1) is 0 Å². The molecule has 3 aromatic rings. The minimum absolute atomic E-state index is 0.180. The van der Waals surface area contributed by atoms with E-state index in [0.29, 0.717) is 37.8 Å². The number of amides is 1. The number of carboxylic acids is 1. The average Bonchev–Trinajstić information content (AvgIpc) is 3.24. The minimum Gasteiger partial charge on any atom is -0.496 e. The van der Waals surface area contributed by atoms with E-state index in [0.717, 1.165) is 0 Å². The highest BCUT2D eigenvalue weighted by Gasteiger charge is 2.28. The van der Waals surface area contributed by atoms with Crippen molar-refractivity contribution in [3.63, 3.8) is 0 Å². The summed E-state index contributed by atoms with van der Waals surface area (Å²) in [5.41, 5.74) is 1.02. The highest BCUT2D eigenvalue weighted by Crippen LogP contribution is 2.33. The molecule has 0 aliphatic heterocycles. The van der Waals surface area contributed by atoms with Crippen molar-refractivity contribution in [1.82, 2.24) is 9.88 Å². The molecule has 10 nitrogen and oxygen atoms in total. The standard InChI is InChI=1S/C28H25BrN4O6/c1-28(2,3)39-27(37)32-22(26(35)36)12-25(34)33-15-21(20-11-19(29)6-7-23(20)33)18(14-31)10-17-9-16(13-30)5-8-24(17)38-4/h5-11,15,22H,12H2,1-4H3,(H,32,37)(H,35,36). The van der Waals surface area contributed by atoms with Crippen LogP contribution in [0.1, 0.15) is 48.7 Å². The number of benzene rings is 2. The largest absolute Gasteiger partial charge is 0.496 e. The number of alkyl carbamates (subject to hydrolysis) is 1. The van der Waals surface area contributed by atoms with Crippen molar-refractivity contribution in [3.05, 3.63) is 63.8 Å². The van der Waals surface area contributed by atoms with E-state index in [1.54, 1.807) is 63.2 Å². The number of allylic oxidation sites excluding steroid dienone is 1. The van der Waals surface area contributed by atoms with E-state index in [1.165, 1.54) is 17.9 Å². The summed E-state index contributed by atoms with van der Waals surface area (Å²) in [4.78, 5) is 37.3. The molecule has 3 rings (SSSR count). The van der Waals surface area contributed by atoms with E-state index in [2.05, 4.69) is 27.3 Å². The number of nitrogens with zero attached hydrogens (tertiary/aromatic N) is 3. The SMILES string of the molecule is COc1ccc(C#N)cc1C=C(C#N)c1cn(C(=O)CC(NC(=O)OC(C)(C)C)C(=O)O)c2ccc(Br)cc12. The van der Waals surface area contributed by atoms with Gasteiger partial charge in [-0.2, -0.15) is 10.5 Å². The quantitative estimate of drug-likeness (QED) is 0.347. The molecule has 1 unspecified atom stereocenters. The fourth-order valence-electron chi connectivity index (χ4n) is 3.79. The molecule has 200 valence electrons. The molecule has 0 saturated carbocycles. The van der Waals surface area contributed by atoms with Gasteiger partial charge in [-0.1, -0.05) is 15.9 Å². The summed E-state index contributed by atoms with van der Waals surface area (Å²) < 4.78 is 12.4. The number of carboxylic acid groups (broad SMARTS) is 1. The Bertz CT molecular complexity index is 1570. The van der Waals surface area contributed by atoms with E-state index >= 15 is 0 Å². The van der Waals surface area contributed by atoms with Crippen molar-refractivity contribution in [2.24, 2.45) is 0 Å². The second kappa shape index (κ2) is 11.8. The summed E-state index contributed by atoms with van der Waals surface area (Å²) in [6.45, 7) is 4.89. The molecule has 0 aliphatic carbocycles. The van der Waals surface area contributed by atoms with Crippen LogP contribution in [-0.4, -0.2) is 46.4 Å². The molecule has 1 atom stereocenters. The average molecular weight is 593 g/mol. The van der Waals surface area contributed by atoms with Crippen molar-refractivity contribution in [2.75, 3.05) is 7.11 Å². The number of nitrogens with one attached hydrogen (secondary N) is 1. The fourth-order valence-corrected chi connectivity index (χ4v) is 4.15. The van der Waals surface area contributed by atoms with Gasteiger partial charge in [0.15, 0.2) is 0 Å². The molecule has 0 aliphatic rings. The van der Waals surface area contributed by atoms with E-state index < -0.39 is 36.0 Å². The second-order valence-electron chi connectivity index (χ2n) is 9.45. The van der Waals surface area contributed by atoms with Gasteiger partial charge in [-0.3, -0.25) is 9.36 Å². The number of aromatic nitrogens is 1. The maximum Gasteiger partial charge on any atom is 0.408 e. The molecule has 1 heterocycles. The van der Waals surface area contributed by atoms with Crippen molar-refractivity contribution >= 4 is 56.5 Å². The summed E-state index contributed by atoms with van der Waals surface area (Å²) >= 11 is 3.41. The Kier molecular flexibility index (Phi) is 8.79. The lowest BCUT2D eigenvalue weighted by atomic mass is 10.0. The smallest absolute Gasteiger partial charge is 0.408 e. The Labute approximate surface area is 233 Å². The van der Waals surface area contributed by atoms with E-state index in [1.807, 2.05) is 6.07 Å². The highest BCUT2D eigenvalue weighted by atomic mass is 79.9. The predicted molar refractivity (Wildman–Crippen MR) is 147 cm³/mol. The second-order valence-corrected chi connectivity index (χ2v) is 10.4. The van der Waals surface area contributed by atoms with Crippen LogP contribution < -0.4 is 10.1 Å². The fraction of sp³-hybridized carbons (Fsp3) is 0.250. The van der Waals surface area contributed by atoms with Gasteiger partial charge in [0, 0.05) is 27.2 Å². The Morgan fingerprint density at radius 2 is 1.90 bits per heavy atom. The number of halogens is 1. The zero-order valence-electron chi connectivity index (χ0n) is 21.6. The number of carbonyl (C=O) groups excluding carboxylic acids is 2. The van der Waals surface area contributed by atoms with Crippen molar-refractivity contribution in [1.29, 1.82) is 10.5 Å². The normalized spacial score (nSPS) is 12.2. The molecule has 2 N–H and O–H groups in total. The molecule has 11 heteroatoms. The topological polar surface area (TPSA) is 154 Å². The zero-order valence-corrected chi connectivity index (χ0v) is 23.2. The van der Waals surface area contributed by atoms with E-state index in [4.69, 9.17) is 9.47 Å². The lowest BCUT2D eigenvalue weighted by Crippen LogP contribution is -2.45. The van der Waals surface area contributed by atoms with Crippen LogP contribution in [0.4, 0.5) is 4.79 Å². The first-order valence-electron chi connectivity index (χ1n) is 11.6. The molecule has 0 bridgehead atoms. The van der Waals surface area contributed by atoms with Crippen molar-refractivity contribution < 1.29 is 29.0 Å². The highest BCUT2D eigenvalue weighted by molar-refractivity contribution is 9.10. The molecule has 1 aromatic heterocycles. The number of rotatable bonds is 7. The van der Waals surface area contributed by atoms with E-state index in [9.17, 15) is 30.0 Å². The lowest BCUT2D eigenvalue weighted by Gasteiger charge is -2.21. The van der Waals surface area contributed by atoms with Gasteiger partial charge in [0.1, 0.15) is 17.4 Å². The molecule has 1 amide bonds. The first-order valence-corrected chi connectivity index (χ1v) is 12.4. The van der Waals surface area contributed by atoms with Gasteiger partial charge in [-0.25, -0.2) is 9.59 Å². The van der Waals surface area contributed by atoms with Gasteiger partial charge >= 0.3 is 12.1 Å².